The molecule has 19 heavy (non-hydrogen) atoms. The molecule has 0 amide bonds. The molecule has 0 aliphatic heterocycles. The lowest BCUT2D eigenvalue weighted by atomic mass is 10.1. The van der Waals surface area contributed by atoms with Gasteiger partial charge in [-0.25, -0.2) is 4.98 Å². The largest absolute Gasteiger partial charge is 0.496 e. The molecule has 0 saturated carbocycles. The second-order valence-electron chi connectivity index (χ2n) is 3.57. The predicted molar refractivity (Wildman–Crippen MR) is 73.0 cm³/mol. The summed E-state index contributed by atoms with van der Waals surface area (Å²) in [6.45, 7) is -0.146. The van der Waals surface area contributed by atoms with Crippen LogP contribution in [0.4, 0.5) is 0 Å². The first-order valence-electron chi connectivity index (χ1n) is 5.62. The maximum atomic E-state index is 8.70. The number of rotatable bonds is 4. The van der Waals surface area contributed by atoms with Crippen molar-refractivity contribution >= 4 is 11.8 Å². The van der Waals surface area contributed by atoms with E-state index in [4.69, 9.17) is 14.3 Å². The molecule has 0 aliphatic rings. The molecule has 1 aromatic heterocycles. The van der Waals surface area contributed by atoms with E-state index in [1.165, 1.54) is 11.8 Å². The lowest BCUT2D eigenvalue weighted by molar-refractivity contribution is 0.350. The van der Waals surface area contributed by atoms with Crippen LogP contribution in [0.5, 0.6) is 5.75 Å². The highest BCUT2D eigenvalue weighted by atomic mass is 32.2. The number of benzene rings is 1. The Labute approximate surface area is 115 Å². The SMILES string of the molecule is COc1ccc(C#CCO)cc1CSc1ncco1. The van der Waals surface area contributed by atoms with E-state index in [0.29, 0.717) is 11.0 Å². The first-order chi connectivity index (χ1) is 9.33. The van der Waals surface area contributed by atoms with Gasteiger partial charge in [0, 0.05) is 16.9 Å². The van der Waals surface area contributed by atoms with Crippen molar-refractivity contribution < 1.29 is 14.3 Å². The fourth-order valence-electron chi connectivity index (χ4n) is 1.53. The molecular weight excluding hydrogens is 262 g/mol. The number of aliphatic hydroxyl groups excluding tert-OH is 1. The van der Waals surface area contributed by atoms with Gasteiger partial charge in [-0.1, -0.05) is 23.6 Å². The van der Waals surface area contributed by atoms with Crippen LogP contribution >= 0.6 is 11.8 Å². The molecule has 98 valence electrons. The Morgan fingerprint density at radius 1 is 1.47 bits per heavy atom. The van der Waals surface area contributed by atoms with Gasteiger partial charge in [-0.2, -0.15) is 0 Å². The molecule has 1 N–H and O–H groups in total. The van der Waals surface area contributed by atoms with Crippen molar-refractivity contribution in [1.29, 1.82) is 0 Å². The standard InChI is InChI=1S/C14H13NO3S/c1-17-13-5-4-11(3-2-7-16)9-12(13)10-19-14-15-6-8-18-14/h4-6,8-9,16H,7,10H2,1H3. The lowest BCUT2D eigenvalue weighted by Gasteiger charge is -2.07. The number of oxazole rings is 1. The normalized spacial score (nSPS) is 9.79. The van der Waals surface area contributed by atoms with Crippen molar-refractivity contribution in [2.75, 3.05) is 13.7 Å². The molecule has 2 rings (SSSR count). The number of nitrogens with zero attached hydrogens (tertiary/aromatic N) is 1. The van der Waals surface area contributed by atoms with Gasteiger partial charge in [0.05, 0.1) is 13.3 Å². The fourth-order valence-corrected chi connectivity index (χ4v) is 2.30. The van der Waals surface area contributed by atoms with E-state index in [9.17, 15) is 0 Å². The molecule has 0 spiro atoms. The molecule has 0 atom stereocenters. The number of hydrogen-bond donors (Lipinski definition) is 1. The summed E-state index contributed by atoms with van der Waals surface area (Å²) >= 11 is 1.49. The number of thioether (sulfide) groups is 1. The van der Waals surface area contributed by atoms with Crippen molar-refractivity contribution in [1.82, 2.24) is 4.98 Å². The van der Waals surface area contributed by atoms with Crippen LogP contribution in [0.15, 0.2) is 40.3 Å². The highest BCUT2D eigenvalue weighted by Gasteiger charge is 2.06. The summed E-state index contributed by atoms with van der Waals surface area (Å²) in [4.78, 5) is 4.05. The zero-order valence-electron chi connectivity index (χ0n) is 10.4. The van der Waals surface area contributed by atoms with E-state index < -0.39 is 0 Å². The third-order valence-electron chi connectivity index (χ3n) is 2.35. The summed E-state index contributed by atoms with van der Waals surface area (Å²) in [7, 11) is 1.63. The number of aliphatic hydroxyl groups is 1. The summed E-state index contributed by atoms with van der Waals surface area (Å²) in [5.74, 6) is 6.98. The quantitative estimate of drug-likeness (QED) is 0.685. The molecule has 1 heterocycles. The minimum atomic E-state index is -0.146. The smallest absolute Gasteiger partial charge is 0.255 e. The Morgan fingerprint density at radius 3 is 3.05 bits per heavy atom. The minimum Gasteiger partial charge on any atom is -0.496 e. The molecule has 0 saturated heterocycles. The third kappa shape index (κ3) is 3.78. The topological polar surface area (TPSA) is 55.5 Å². The van der Waals surface area contributed by atoms with Crippen LogP contribution in [0.2, 0.25) is 0 Å². The molecule has 0 aliphatic carbocycles. The van der Waals surface area contributed by atoms with E-state index in [-0.39, 0.29) is 6.61 Å². The van der Waals surface area contributed by atoms with E-state index >= 15 is 0 Å². The van der Waals surface area contributed by atoms with Crippen LogP contribution in [-0.4, -0.2) is 23.8 Å². The van der Waals surface area contributed by atoms with Crippen LogP contribution in [0.3, 0.4) is 0 Å². The van der Waals surface area contributed by atoms with Gasteiger partial charge in [0.15, 0.2) is 0 Å². The third-order valence-corrected chi connectivity index (χ3v) is 3.26. The van der Waals surface area contributed by atoms with Crippen molar-refractivity contribution in [2.24, 2.45) is 0 Å². The lowest BCUT2D eigenvalue weighted by Crippen LogP contribution is -1.92. The average molecular weight is 275 g/mol. The van der Waals surface area contributed by atoms with Gasteiger partial charge in [0.1, 0.15) is 18.6 Å². The van der Waals surface area contributed by atoms with Crippen LogP contribution in [-0.2, 0) is 5.75 Å². The average Bonchev–Trinajstić information content (AvgIpc) is 2.96. The van der Waals surface area contributed by atoms with Gasteiger partial charge in [-0.05, 0) is 18.2 Å². The first-order valence-corrected chi connectivity index (χ1v) is 6.61. The number of methoxy groups -OCH3 is 1. The highest BCUT2D eigenvalue weighted by molar-refractivity contribution is 7.98. The molecular formula is C14H13NO3S. The van der Waals surface area contributed by atoms with Crippen LogP contribution in [0.25, 0.3) is 0 Å². The van der Waals surface area contributed by atoms with E-state index in [1.807, 2.05) is 18.2 Å². The highest BCUT2D eigenvalue weighted by Crippen LogP contribution is 2.27. The van der Waals surface area contributed by atoms with Crippen LogP contribution in [0.1, 0.15) is 11.1 Å². The summed E-state index contributed by atoms with van der Waals surface area (Å²) < 4.78 is 10.5. The Balaban J connectivity index is 2.16. The molecule has 0 unspecified atom stereocenters. The van der Waals surface area contributed by atoms with Gasteiger partial charge < -0.3 is 14.3 Å². The molecule has 5 heteroatoms. The van der Waals surface area contributed by atoms with Gasteiger partial charge in [-0.3, -0.25) is 0 Å². The maximum Gasteiger partial charge on any atom is 0.255 e. The second-order valence-corrected chi connectivity index (χ2v) is 4.50. The van der Waals surface area contributed by atoms with Crippen LogP contribution in [0, 0.1) is 11.8 Å². The first kappa shape index (κ1) is 13.5. The van der Waals surface area contributed by atoms with Gasteiger partial charge >= 0.3 is 0 Å². The number of aromatic nitrogens is 1. The monoisotopic (exact) mass is 275 g/mol. The molecule has 0 radical (unpaired) electrons. The maximum absolute atomic E-state index is 8.70. The van der Waals surface area contributed by atoms with E-state index in [2.05, 4.69) is 16.8 Å². The summed E-state index contributed by atoms with van der Waals surface area (Å²) in [6.07, 6.45) is 3.16. The van der Waals surface area contributed by atoms with Crippen molar-refractivity contribution in [3.63, 3.8) is 0 Å². The van der Waals surface area contributed by atoms with Crippen LogP contribution < -0.4 is 4.74 Å². The molecule has 4 nitrogen and oxygen atoms in total. The fraction of sp³-hybridized carbons (Fsp3) is 0.214. The predicted octanol–water partition coefficient (Wildman–Crippen LogP) is 2.32. The van der Waals surface area contributed by atoms with Gasteiger partial charge in [0.25, 0.3) is 5.22 Å². The van der Waals surface area contributed by atoms with E-state index in [0.717, 1.165) is 16.9 Å². The second kappa shape index (κ2) is 6.88. The Hall–Kier alpha value is -1.90. The van der Waals surface area contributed by atoms with Gasteiger partial charge in [0.2, 0.25) is 0 Å². The molecule has 1 aromatic carbocycles. The molecule has 2 aromatic rings. The van der Waals surface area contributed by atoms with Crippen molar-refractivity contribution in [3.05, 3.63) is 41.8 Å². The minimum absolute atomic E-state index is 0.146. The summed E-state index contributed by atoms with van der Waals surface area (Å²) in [5.41, 5.74) is 1.85. The van der Waals surface area contributed by atoms with E-state index in [1.54, 1.807) is 19.6 Å². The zero-order valence-corrected chi connectivity index (χ0v) is 11.2. The number of hydrogen-bond acceptors (Lipinski definition) is 5. The Kier molecular flexibility index (Phi) is 4.90. The molecule has 0 fully saturated rings. The van der Waals surface area contributed by atoms with Gasteiger partial charge in [-0.15, -0.1) is 0 Å². The summed E-state index contributed by atoms with van der Waals surface area (Å²) in [6, 6.07) is 5.67. The van der Waals surface area contributed by atoms with Crippen molar-refractivity contribution in [3.8, 4) is 17.6 Å². The zero-order chi connectivity index (χ0) is 13.5. The molecule has 0 bridgehead atoms. The Morgan fingerprint density at radius 2 is 2.37 bits per heavy atom. The Bertz CT molecular complexity index is 584. The summed E-state index contributed by atoms with van der Waals surface area (Å²) in [5, 5.41) is 9.32. The van der Waals surface area contributed by atoms with Crippen molar-refractivity contribution in [2.45, 2.75) is 11.0 Å². The number of ether oxygens (including phenoxy) is 1.